The van der Waals surface area contributed by atoms with Gasteiger partial charge in [0.15, 0.2) is 0 Å². The molecule has 1 aliphatic rings. The van der Waals surface area contributed by atoms with Crippen molar-refractivity contribution in [1.29, 1.82) is 0 Å². The van der Waals surface area contributed by atoms with E-state index in [1.54, 1.807) is 0 Å². The van der Waals surface area contributed by atoms with E-state index >= 15 is 0 Å². The Morgan fingerprint density at radius 1 is 1.44 bits per heavy atom. The van der Waals surface area contributed by atoms with Crippen LogP contribution in [-0.4, -0.2) is 35.4 Å². The molecule has 1 aromatic rings. The second-order valence-electron chi connectivity index (χ2n) is 4.33. The quantitative estimate of drug-likeness (QED) is 0.711. The molecule has 16 heavy (non-hydrogen) atoms. The molecule has 0 saturated carbocycles. The lowest BCUT2D eigenvalue weighted by Crippen LogP contribution is -2.21. The lowest BCUT2D eigenvalue weighted by Gasteiger charge is -2.09. The van der Waals surface area contributed by atoms with Crippen molar-refractivity contribution >= 4 is 0 Å². The Labute approximate surface area is 97.0 Å². The van der Waals surface area contributed by atoms with Crippen molar-refractivity contribution in [1.82, 2.24) is 14.9 Å². The van der Waals surface area contributed by atoms with Gasteiger partial charge in [0, 0.05) is 32.1 Å². The monoisotopic (exact) mass is 223 g/mol. The smallest absolute Gasteiger partial charge is 0.0946 e. The molecule has 1 atom stereocenters. The maximum absolute atomic E-state index is 5.58. The van der Waals surface area contributed by atoms with E-state index in [1.807, 2.05) is 18.7 Å². The highest BCUT2D eigenvalue weighted by molar-refractivity contribution is 4.74. The normalized spacial score (nSPS) is 20.4. The van der Waals surface area contributed by atoms with E-state index in [9.17, 15) is 0 Å². The Bertz CT molecular complexity index is 268. The molecule has 0 radical (unpaired) electrons. The van der Waals surface area contributed by atoms with Crippen molar-refractivity contribution in [2.24, 2.45) is 0 Å². The van der Waals surface area contributed by atoms with Crippen molar-refractivity contribution in [2.45, 2.75) is 38.3 Å². The van der Waals surface area contributed by atoms with Crippen LogP contribution in [0.5, 0.6) is 0 Å². The van der Waals surface area contributed by atoms with Gasteiger partial charge in [-0.3, -0.25) is 0 Å². The molecule has 1 saturated heterocycles. The van der Waals surface area contributed by atoms with Crippen LogP contribution in [0.15, 0.2) is 18.7 Å². The van der Waals surface area contributed by atoms with Gasteiger partial charge in [-0.25, -0.2) is 4.98 Å². The van der Waals surface area contributed by atoms with E-state index in [0.29, 0.717) is 6.10 Å². The van der Waals surface area contributed by atoms with Gasteiger partial charge in [-0.2, -0.15) is 0 Å². The summed E-state index contributed by atoms with van der Waals surface area (Å²) in [6.45, 7) is 4.08. The summed E-state index contributed by atoms with van der Waals surface area (Å²) in [5.74, 6) is 0. The fourth-order valence-corrected chi connectivity index (χ4v) is 2.08. The Hall–Kier alpha value is -0.870. The number of hydrogen-bond donors (Lipinski definition) is 1. The second kappa shape index (κ2) is 6.66. The van der Waals surface area contributed by atoms with Crippen molar-refractivity contribution in [2.75, 3.05) is 19.7 Å². The topological polar surface area (TPSA) is 39.1 Å². The van der Waals surface area contributed by atoms with Crippen LogP contribution in [0.1, 0.15) is 25.7 Å². The lowest BCUT2D eigenvalue weighted by molar-refractivity contribution is 0.102. The predicted molar refractivity (Wildman–Crippen MR) is 63.3 cm³/mol. The molecule has 1 fully saturated rings. The highest BCUT2D eigenvalue weighted by Gasteiger charge is 2.13. The minimum absolute atomic E-state index is 0.537. The molecule has 4 heteroatoms. The summed E-state index contributed by atoms with van der Waals surface area (Å²) in [6, 6.07) is 0. The van der Waals surface area contributed by atoms with Gasteiger partial charge in [0.2, 0.25) is 0 Å². The fourth-order valence-electron chi connectivity index (χ4n) is 2.08. The Kier molecular flexibility index (Phi) is 4.83. The first kappa shape index (κ1) is 11.6. The summed E-state index contributed by atoms with van der Waals surface area (Å²) in [4.78, 5) is 4.01. The van der Waals surface area contributed by atoms with Gasteiger partial charge in [-0.05, 0) is 32.2 Å². The molecule has 0 spiro atoms. The van der Waals surface area contributed by atoms with E-state index in [-0.39, 0.29) is 0 Å². The first-order chi connectivity index (χ1) is 7.95. The van der Waals surface area contributed by atoms with Crippen LogP contribution in [-0.2, 0) is 11.3 Å². The summed E-state index contributed by atoms with van der Waals surface area (Å²) in [6.07, 6.45) is 11.1. The number of hydrogen-bond acceptors (Lipinski definition) is 3. The molecule has 90 valence electrons. The largest absolute Gasteiger partial charge is 0.378 e. The number of ether oxygens (including phenoxy) is 1. The zero-order valence-corrected chi connectivity index (χ0v) is 9.77. The zero-order valence-electron chi connectivity index (χ0n) is 9.77. The third kappa shape index (κ3) is 3.94. The summed E-state index contributed by atoms with van der Waals surface area (Å²) in [5.41, 5.74) is 0. The summed E-state index contributed by atoms with van der Waals surface area (Å²) in [5, 5.41) is 3.44. The molecule has 1 N–H and O–H groups in total. The Morgan fingerprint density at radius 3 is 3.19 bits per heavy atom. The molecule has 0 bridgehead atoms. The van der Waals surface area contributed by atoms with Crippen molar-refractivity contribution < 1.29 is 4.74 Å². The minimum atomic E-state index is 0.537. The molecule has 2 rings (SSSR count). The standard InChI is InChI=1S/C12H21N3O/c1(3-12-4-2-10-16-12)5-13-6-8-15-9-7-14-11-15/h7,9,11-13H,1-6,8,10H2. The molecular weight excluding hydrogens is 202 g/mol. The van der Waals surface area contributed by atoms with Crippen molar-refractivity contribution in [3.05, 3.63) is 18.7 Å². The maximum atomic E-state index is 5.58. The van der Waals surface area contributed by atoms with E-state index in [2.05, 4.69) is 14.9 Å². The maximum Gasteiger partial charge on any atom is 0.0946 e. The van der Waals surface area contributed by atoms with Crippen molar-refractivity contribution in [3.63, 3.8) is 0 Å². The van der Waals surface area contributed by atoms with E-state index in [4.69, 9.17) is 4.74 Å². The minimum Gasteiger partial charge on any atom is -0.378 e. The molecule has 1 aromatic heterocycles. The molecule has 4 nitrogen and oxygen atoms in total. The van der Waals surface area contributed by atoms with Gasteiger partial charge < -0.3 is 14.6 Å². The number of nitrogens with zero attached hydrogens (tertiary/aromatic N) is 2. The molecular formula is C12H21N3O. The third-order valence-corrected chi connectivity index (χ3v) is 3.01. The van der Waals surface area contributed by atoms with Crippen LogP contribution in [0.25, 0.3) is 0 Å². The summed E-state index contributed by atoms with van der Waals surface area (Å²) >= 11 is 0. The summed E-state index contributed by atoms with van der Waals surface area (Å²) < 4.78 is 7.67. The van der Waals surface area contributed by atoms with E-state index < -0.39 is 0 Å². The lowest BCUT2D eigenvalue weighted by atomic mass is 10.1. The highest BCUT2D eigenvalue weighted by Crippen LogP contribution is 2.16. The van der Waals surface area contributed by atoms with E-state index in [0.717, 1.165) is 26.2 Å². The first-order valence-electron chi connectivity index (χ1n) is 6.23. The Morgan fingerprint density at radius 2 is 2.44 bits per heavy atom. The van der Waals surface area contributed by atoms with Gasteiger partial charge in [0.1, 0.15) is 0 Å². The molecule has 0 aromatic carbocycles. The van der Waals surface area contributed by atoms with Gasteiger partial charge in [-0.15, -0.1) is 0 Å². The van der Waals surface area contributed by atoms with Crippen LogP contribution >= 0.6 is 0 Å². The molecule has 0 aliphatic carbocycles. The number of nitrogens with one attached hydrogen (secondary N) is 1. The predicted octanol–water partition coefficient (Wildman–Crippen LogP) is 1.43. The first-order valence-corrected chi connectivity index (χ1v) is 6.23. The number of imidazole rings is 1. The fraction of sp³-hybridized carbons (Fsp3) is 0.750. The van der Waals surface area contributed by atoms with Crippen LogP contribution in [0.3, 0.4) is 0 Å². The van der Waals surface area contributed by atoms with Gasteiger partial charge >= 0.3 is 0 Å². The average molecular weight is 223 g/mol. The molecule has 0 amide bonds. The highest BCUT2D eigenvalue weighted by atomic mass is 16.5. The molecule has 1 unspecified atom stereocenters. The van der Waals surface area contributed by atoms with E-state index in [1.165, 1.54) is 25.7 Å². The van der Waals surface area contributed by atoms with Gasteiger partial charge in [0.25, 0.3) is 0 Å². The summed E-state index contributed by atoms with van der Waals surface area (Å²) in [7, 11) is 0. The van der Waals surface area contributed by atoms with Crippen LogP contribution < -0.4 is 5.32 Å². The van der Waals surface area contributed by atoms with Crippen LogP contribution in [0, 0.1) is 0 Å². The second-order valence-corrected chi connectivity index (χ2v) is 4.33. The molecule has 1 aliphatic heterocycles. The van der Waals surface area contributed by atoms with Gasteiger partial charge in [0.05, 0.1) is 12.4 Å². The Balaban J connectivity index is 1.43. The van der Waals surface area contributed by atoms with Gasteiger partial charge in [-0.1, -0.05) is 0 Å². The zero-order chi connectivity index (χ0) is 11.1. The van der Waals surface area contributed by atoms with Crippen LogP contribution in [0.2, 0.25) is 0 Å². The SMILES string of the molecule is c1cn(CCNCCCC2CCCO2)cn1. The van der Waals surface area contributed by atoms with Crippen molar-refractivity contribution in [3.8, 4) is 0 Å². The van der Waals surface area contributed by atoms with Crippen LogP contribution in [0.4, 0.5) is 0 Å². The third-order valence-electron chi connectivity index (χ3n) is 3.01. The molecule has 2 heterocycles. The number of rotatable bonds is 7. The number of aromatic nitrogens is 2. The average Bonchev–Trinajstić information content (AvgIpc) is 2.96.